The number of furan rings is 1. The molecule has 0 saturated heterocycles. The molecule has 2 rings (SSSR count). The van der Waals surface area contributed by atoms with Gasteiger partial charge in [-0.3, -0.25) is 4.79 Å². The summed E-state index contributed by atoms with van der Waals surface area (Å²) in [5, 5.41) is 8.88. The van der Waals surface area contributed by atoms with Gasteiger partial charge in [0.1, 0.15) is 0 Å². The molecular formula is C11H10Br2N2O3. The van der Waals surface area contributed by atoms with Crippen molar-refractivity contribution in [3.8, 4) is 11.6 Å². The smallest absolute Gasteiger partial charge is 0.254 e. The van der Waals surface area contributed by atoms with Gasteiger partial charge in [0.25, 0.3) is 5.56 Å². The summed E-state index contributed by atoms with van der Waals surface area (Å²) in [5.74, 6) is 0.829. The largest absolute Gasteiger partial charge is 0.445 e. The molecule has 0 fully saturated rings. The monoisotopic (exact) mass is 376 g/mol. The first-order valence-electron chi connectivity index (χ1n) is 5.18. The van der Waals surface area contributed by atoms with Crippen molar-refractivity contribution in [3.63, 3.8) is 0 Å². The fourth-order valence-electron chi connectivity index (χ4n) is 1.60. The lowest BCUT2D eigenvalue weighted by atomic mass is 10.2. The normalized spacial score (nSPS) is 10.9. The van der Waals surface area contributed by atoms with Gasteiger partial charge in [0, 0.05) is 30.4 Å². The predicted octanol–water partition coefficient (Wildman–Crippen LogP) is 2.40. The second-order valence-corrected chi connectivity index (χ2v) is 5.26. The van der Waals surface area contributed by atoms with Crippen LogP contribution in [0.2, 0.25) is 0 Å². The van der Waals surface area contributed by atoms with E-state index in [0.717, 1.165) is 4.47 Å². The molecule has 0 spiro atoms. The topological polar surface area (TPSA) is 79.1 Å². The zero-order chi connectivity index (χ0) is 13.3. The number of hydrogen-bond donors (Lipinski definition) is 2. The molecular weight excluding hydrogens is 368 g/mol. The summed E-state index contributed by atoms with van der Waals surface area (Å²) >= 11 is 6.52. The zero-order valence-corrected chi connectivity index (χ0v) is 12.6. The standard InChI is InChI=1S/C11H10Br2N2O3/c1-5-6(2-3-16)11(17)15-10(14-5)8-4-7(12)9(13)18-8/h4,16H,2-3H2,1H3,(H,14,15,17). The van der Waals surface area contributed by atoms with Crippen molar-refractivity contribution in [3.05, 3.63) is 36.8 Å². The molecule has 0 amide bonds. The Kier molecular flexibility index (Phi) is 4.04. The minimum atomic E-state index is -0.254. The van der Waals surface area contributed by atoms with Crippen molar-refractivity contribution < 1.29 is 9.52 Å². The highest BCUT2D eigenvalue weighted by Crippen LogP contribution is 2.30. The van der Waals surface area contributed by atoms with Gasteiger partial charge in [0.05, 0.1) is 4.47 Å². The van der Waals surface area contributed by atoms with Gasteiger partial charge in [-0.2, -0.15) is 0 Å². The second kappa shape index (κ2) is 5.38. The number of aromatic amines is 1. The second-order valence-electron chi connectivity index (χ2n) is 3.68. The van der Waals surface area contributed by atoms with E-state index in [0.29, 0.717) is 33.9 Å². The van der Waals surface area contributed by atoms with E-state index in [1.807, 2.05) is 0 Å². The highest BCUT2D eigenvalue weighted by atomic mass is 79.9. The van der Waals surface area contributed by atoms with E-state index in [1.54, 1.807) is 13.0 Å². The molecule has 5 nitrogen and oxygen atoms in total. The molecule has 0 radical (unpaired) electrons. The number of aryl methyl sites for hydroxylation is 1. The first-order chi connectivity index (χ1) is 8.52. The van der Waals surface area contributed by atoms with E-state index in [1.165, 1.54) is 0 Å². The number of aliphatic hydroxyl groups excluding tert-OH is 1. The van der Waals surface area contributed by atoms with Gasteiger partial charge >= 0.3 is 0 Å². The molecule has 0 aliphatic rings. The molecule has 2 heterocycles. The van der Waals surface area contributed by atoms with Crippen LogP contribution in [0.1, 0.15) is 11.3 Å². The number of aliphatic hydroxyl groups is 1. The first-order valence-corrected chi connectivity index (χ1v) is 6.77. The van der Waals surface area contributed by atoms with Gasteiger partial charge in [-0.15, -0.1) is 0 Å². The molecule has 18 heavy (non-hydrogen) atoms. The number of nitrogens with zero attached hydrogens (tertiary/aromatic N) is 1. The number of nitrogens with one attached hydrogen (secondary N) is 1. The van der Waals surface area contributed by atoms with E-state index < -0.39 is 0 Å². The number of halogens is 2. The average Bonchev–Trinajstić information content (AvgIpc) is 2.64. The van der Waals surface area contributed by atoms with Crippen molar-refractivity contribution in [2.45, 2.75) is 13.3 Å². The Morgan fingerprint density at radius 3 is 2.72 bits per heavy atom. The Bertz CT molecular complexity index is 614. The lowest BCUT2D eigenvalue weighted by Gasteiger charge is -2.04. The first kappa shape index (κ1) is 13.5. The molecule has 0 bridgehead atoms. The fraction of sp³-hybridized carbons (Fsp3) is 0.273. The van der Waals surface area contributed by atoms with Crippen LogP contribution in [0.25, 0.3) is 11.6 Å². The maximum Gasteiger partial charge on any atom is 0.254 e. The van der Waals surface area contributed by atoms with Crippen LogP contribution in [0.3, 0.4) is 0 Å². The van der Waals surface area contributed by atoms with Gasteiger partial charge in [0.2, 0.25) is 0 Å². The maximum absolute atomic E-state index is 11.8. The number of aromatic nitrogens is 2. The molecule has 2 N–H and O–H groups in total. The minimum Gasteiger partial charge on any atom is -0.445 e. The van der Waals surface area contributed by atoms with Gasteiger partial charge in [-0.1, -0.05) is 0 Å². The number of rotatable bonds is 3. The Balaban J connectivity index is 2.51. The van der Waals surface area contributed by atoms with E-state index in [2.05, 4.69) is 41.8 Å². The molecule has 0 aromatic carbocycles. The van der Waals surface area contributed by atoms with Crippen LogP contribution in [0.4, 0.5) is 0 Å². The lowest BCUT2D eigenvalue weighted by molar-refractivity contribution is 0.298. The summed E-state index contributed by atoms with van der Waals surface area (Å²) in [6.07, 6.45) is 0.292. The number of hydrogen-bond acceptors (Lipinski definition) is 4. The van der Waals surface area contributed by atoms with Crippen LogP contribution < -0.4 is 5.56 Å². The van der Waals surface area contributed by atoms with E-state index in [9.17, 15) is 4.79 Å². The van der Waals surface area contributed by atoms with Gasteiger partial charge in [0.15, 0.2) is 16.3 Å². The Morgan fingerprint density at radius 2 is 2.22 bits per heavy atom. The van der Waals surface area contributed by atoms with Crippen molar-refractivity contribution in [1.82, 2.24) is 9.97 Å². The Morgan fingerprint density at radius 1 is 1.50 bits per heavy atom. The third-order valence-electron chi connectivity index (χ3n) is 2.46. The van der Waals surface area contributed by atoms with Crippen LogP contribution in [0, 0.1) is 6.92 Å². The molecule has 0 aliphatic carbocycles. The van der Waals surface area contributed by atoms with E-state index in [-0.39, 0.29) is 12.2 Å². The summed E-state index contributed by atoms with van der Waals surface area (Å²) < 4.78 is 6.68. The van der Waals surface area contributed by atoms with Gasteiger partial charge in [-0.25, -0.2) is 4.98 Å². The van der Waals surface area contributed by atoms with Crippen molar-refractivity contribution in [1.29, 1.82) is 0 Å². The predicted molar refractivity (Wildman–Crippen MR) is 73.5 cm³/mol. The van der Waals surface area contributed by atoms with Crippen molar-refractivity contribution >= 4 is 31.9 Å². The van der Waals surface area contributed by atoms with Crippen LogP contribution in [-0.2, 0) is 6.42 Å². The minimum absolute atomic E-state index is 0.0806. The Hall–Kier alpha value is -0.920. The van der Waals surface area contributed by atoms with Crippen LogP contribution >= 0.6 is 31.9 Å². The molecule has 0 atom stereocenters. The highest BCUT2D eigenvalue weighted by molar-refractivity contribution is 9.13. The van der Waals surface area contributed by atoms with E-state index in [4.69, 9.17) is 9.52 Å². The molecule has 2 aromatic heterocycles. The summed E-state index contributed by atoms with van der Waals surface area (Å²) in [7, 11) is 0. The van der Waals surface area contributed by atoms with Crippen molar-refractivity contribution in [2.24, 2.45) is 0 Å². The molecule has 96 valence electrons. The van der Waals surface area contributed by atoms with E-state index >= 15 is 0 Å². The van der Waals surface area contributed by atoms with Crippen LogP contribution in [-0.4, -0.2) is 21.7 Å². The van der Waals surface area contributed by atoms with Gasteiger partial charge < -0.3 is 14.5 Å². The lowest BCUT2D eigenvalue weighted by Crippen LogP contribution is -2.18. The van der Waals surface area contributed by atoms with Gasteiger partial charge in [-0.05, 0) is 38.8 Å². The van der Waals surface area contributed by atoms with Crippen LogP contribution in [0.15, 0.2) is 24.4 Å². The third-order valence-corrected chi connectivity index (χ3v) is 4.17. The molecule has 0 saturated carbocycles. The maximum atomic E-state index is 11.8. The highest BCUT2D eigenvalue weighted by Gasteiger charge is 2.13. The summed E-state index contributed by atoms with van der Waals surface area (Å²) in [4.78, 5) is 18.8. The Labute approximate surface area is 120 Å². The SMILES string of the molecule is Cc1nc(-c2cc(Br)c(Br)o2)[nH]c(=O)c1CCO. The fourth-order valence-corrected chi connectivity index (χ4v) is 2.17. The van der Waals surface area contributed by atoms with Crippen LogP contribution in [0.5, 0.6) is 0 Å². The summed E-state index contributed by atoms with van der Waals surface area (Å²) in [6.45, 7) is 1.65. The third kappa shape index (κ3) is 2.57. The summed E-state index contributed by atoms with van der Waals surface area (Å²) in [6, 6.07) is 1.72. The number of H-pyrrole nitrogens is 1. The molecule has 7 heteroatoms. The quantitative estimate of drug-likeness (QED) is 0.860. The molecule has 2 aromatic rings. The molecule has 0 unspecified atom stereocenters. The zero-order valence-electron chi connectivity index (χ0n) is 9.46. The van der Waals surface area contributed by atoms with Crippen molar-refractivity contribution in [2.75, 3.05) is 6.61 Å². The summed E-state index contributed by atoms with van der Waals surface area (Å²) in [5.41, 5.74) is 0.826. The molecule has 0 aliphatic heterocycles. The average molecular weight is 378 g/mol.